The fourth-order valence-corrected chi connectivity index (χ4v) is 1.86. The highest BCUT2D eigenvalue weighted by atomic mass is 79.9. The molecular formula is C11H13BrN4. The number of aryl methyl sites for hydroxylation is 2. The molecule has 5 heteroatoms. The first-order valence-electron chi connectivity index (χ1n) is 5.29. The van der Waals surface area contributed by atoms with E-state index in [9.17, 15) is 0 Å². The van der Waals surface area contributed by atoms with Crippen molar-refractivity contribution >= 4 is 15.9 Å². The average Bonchev–Trinajstić information content (AvgIpc) is 2.76. The van der Waals surface area contributed by atoms with Crippen LogP contribution in [0.1, 0.15) is 19.7 Å². The first kappa shape index (κ1) is 11.3. The van der Waals surface area contributed by atoms with Gasteiger partial charge in [-0.15, -0.1) is 0 Å². The van der Waals surface area contributed by atoms with Crippen LogP contribution in [0.4, 0.5) is 0 Å². The zero-order valence-corrected chi connectivity index (χ0v) is 10.9. The molecule has 0 saturated heterocycles. The third kappa shape index (κ3) is 2.29. The normalized spacial score (nSPS) is 10.7. The van der Waals surface area contributed by atoms with E-state index < -0.39 is 0 Å². The van der Waals surface area contributed by atoms with E-state index >= 15 is 0 Å². The molecule has 16 heavy (non-hydrogen) atoms. The van der Waals surface area contributed by atoms with E-state index in [1.807, 2.05) is 30.1 Å². The quantitative estimate of drug-likeness (QED) is 0.812. The molecule has 0 N–H and O–H groups in total. The Morgan fingerprint density at radius 1 is 1.31 bits per heavy atom. The summed E-state index contributed by atoms with van der Waals surface area (Å²) in [5.41, 5.74) is 1.94. The summed E-state index contributed by atoms with van der Waals surface area (Å²) in [6.45, 7) is 4.97. The lowest BCUT2D eigenvalue weighted by Crippen LogP contribution is -1.95. The highest BCUT2D eigenvalue weighted by Gasteiger charge is 2.06. The van der Waals surface area contributed by atoms with Gasteiger partial charge in [0.25, 0.3) is 0 Å². The molecule has 4 nitrogen and oxygen atoms in total. The van der Waals surface area contributed by atoms with E-state index in [0.717, 1.165) is 34.7 Å². The second-order valence-electron chi connectivity index (χ2n) is 3.43. The van der Waals surface area contributed by atoms with Crippen molar-refractivity contribution in [2.75, 3.05) is 0 Å². The van der Waals surface area contributed by atoms with Gasteiger partial charge in [0.2, 0.25) is 0 Å². The van der Waals surface area contributed by atoms with E-state index in [0.29, 0.717) is 0 Å². The predicted octanol–water partition coefficient (Wildman–Crippen LogP) is 2.68. The molecule has 0 radical (unpaired) electrons. The van der Waals surface area contributed by atoms with Crippen LogP contribution in [0.25, 0.3) is 11.3 Å². The smallest absolute Gasteiger partial charge is 0.130 e. The standard InChI is InChI=1S/C11H13BrN4/c1-3-11-14-9(5-10(12)15-11)8-6-13-16(4-2)7-8/h5-7H,3-4H2,1-2H3. The Kier molecular flexibility index (Phi) is 3.33. The molecule has 0 bridgehead atoms. The van der Waals surface area contributed by atoms with Gasteiger partial charge < -0.3 is 0 Å². The highest BCUT2D eigenvalue weighted by Crippen LogP contribution is 2.19. The van der Waals surface area contributed by atoms with E-state index in [4.69, 9.17) is 0 Å². The largest absolute Gasteiger partial charge is 0.272 e. The number of aromatic nitrogens is 4. The Labute approximate surface area is 103 Å². The van der Waals surface area contributed by atoms with Crippen molar-refractivity contribution in [1.29, 1.82) is 0 Å². The number of nitrogens with zero attached hydrogens (tertiary/aromatic N) is 4. The minimum absolute atomic E-state index is 0.818. The summed E-state index contributed by atoms with van der Waals surface area (Å²) in [5, 5.41) is 4.24. The zero-order valence-electron chi connectivity index (χ0n) is 9.31. The van der Waals surface area contributed by atoms with Crippen LogP contribution >= 0.6 is 15.9 Å². The third-order valence-electron chi connectivity index (χ3n) is 2.31. The molecule has 0 aliphatic rings. The second-order valence-corrected chi connectivity index (χ2v) is 4.24. The van der Waals surface area contributed by atoms with Gasteiger partial charge in [-0.3, -0.25) is 4.68 Å². The van der Waals surface area contributed by atoms with Gasteiger partial charge in [0, 0.05) is 24.7 Å². The highest BCUT2D eigenvalue weighted by molar-refractivity contribution is 9.10. The molecule has 0 aliphatic heterocycles. The lowest BCUT2D eigenvalue weighted by atomic mass is 10.2. The molecule has 2 heterocycles. The summed E-state index contributed by atoms with van der Waals surface area (Å²) in [6.07, 6.45) is 4.65. The Bertz CT molecular complexity index is 492. The first-order chi connectivity index (χ1) is 7.72. The van der Waals surface area contributed by atoms with E-state index in [-0.39, 0.29) is 0 Å². The van der Waals surface area contributed by atoms with Gasteiger partial charge in [-0.1, -0.05) is 6.92 Å². The zero-order chi connectivity index (χ0) is 11.5. The maximum atomic E-state index is 4.48. The van der Waals surface area contributed by atoms with Gasteiger partial charge in [-0.25, -0.2) is 9.97 Å². The molecule has 0 aromatic carbocycles. The SMILES string of the molecule is CCc1nc(Br)cc(-c2cnn(CC)c2)n1. The van der Waals surface area contributed by atoms with Crippen LogP contribution in [-0.4, -0.2) is 19.7 Å². The number of halogens is 1. The molecule has 0 saturated carbocycles. The van der Waals surface area contributed by atoms with Gasteiger partial charge in [0.05, 0.1) is 11.9 Å². The molecule has 2 aromatic rings. The van der Waals surface area contributed by atoms with Crippen LogP contribution in [-0.2, 0) is 13.0 Å². The van der Waals surface area contributed by atoms with Gasteiger partial charge in [-0.2, -0.15) is 5.10 Å². The molecule has 2 rings (SSSR count). The molecule has 0 aliphatic carbocycles. The van der Waals surface area contributed by atoms with Crippen LogP contribution in [0.2, 0.25) is 0 Å². The molecule has 0 fully saturated rings. The second kappa shape index (κ2) is 4.74. The summed E-state index contributed by atoms with van der Waals surface area (Å²) in [6, 6.07) is 1.91. The topological polar surface area (TPSA) is 43.6 Å². The van der Waals surface area contributed by atoms with Crippen molar-refractivity contribution in [3.8, 4) is 11.3 Å². The first-order valence-corrected chi connectivity index (χ1v) is 6.08. The molecule has 0 atom stereocenters. The Hall–Kier alpha value is -1.23. The number of hydrogen-bond donors (Lipinski definition) is 0. The molecular weight excluding hydrogens is 268 g/mol. The fourth-order valence-electron chi connectivity index (χ4n) is 1.44. The van der Waals surface area contributed by atoms with Crippen molar-refractivity contribution < 1.29 is 0 Å². The molecule has 0 amide bonds. The monoisotopic (exact) mass is 280 g/mol. The summed E-state index contributed by atoms with van der Waals surface area (Å²) in [4.78, 5) is 8.76. The summed E-state index contributed by atoms with van der Waals surface area (Å²) >= 11 is 3.40. The van der Waals surface area contributed by atoms with Crippen LogP contribution in [0, 0.1) is 0 Å². The van der Waals surface area contributed by atoms with Crippen molar-refractivity contribution in [2.45, 2.75) is 26.8 Å². The lowest BCUT2D eigenvalue weighted by molar-refractivity contribution is 0.660. The van der Waals surface area contributed by atoms with Crippen LogP contribution < -0.4 is 0 Å². The molecule has 2 aromatic heterocycles. The minimum Gasteiger partial charge on any atom is -0.272 e. The maximum absolute atomic E-state index is 4.48. The average molecular weight is 281 g/mol. The van der Waals surface area contributed by atoms with Crippen molar-refractivity contribution in [3.05, 3.63) is 28.9 Å². The number of rotatable bonds is 3. The Balaban J connectivity index is 2.42. The van der Waals surface area contributed by atoms with Gasteiger partial charge in [-0.05, 0) is 28.9 Å². The van der Waals surface area contributed by atoms with Crippen LogP contribution in [0.15, 0.2) is 23.1 Å². The summed E-state index contributed by atoms with van der Waals surface area (Å²) in [7, 11) is 0. The van der Waals surface area contributed by atoms with Crippen molar-refractivity contribution in [2.24, 2.45) is 0 Å². The summed E-state index contributed by atoms with van der Waals surface area (Å²) < 4.78 is 2.70. The minimum atomic E-state index is 0.818. The van der Waals surface area contributed by atoms with Gasteiger partial charge in [0.15, 0.2) is 0 Å². The van der Waals surface area contributed by atoms with Gasteiger partial charge in [0.1, 0.15) is 10.4 Å². The third-order valence-corrected chi connectivity index (χ3v) is 2.72. The molecule has 0 unspecified atom stereocenters. The van der Waals surface area contributed by atoms with Crippen LogP contribution in [0.3, 0.4) is 0 Å². The van der Waals surface area contributed by atoms with Crippen molar-refractivity contribution in [1.82, 2.24) is 19.7 Å². The lowest BCUT2D eigenvalue weighted by Gasteiger charge is -2.01. The summed E-state index contributed by atoms with van der Waals surface area (Å²) in [5.74, 6) is 0.841. The fraction of sp³-hybridized carbons (Fsp3) is 0.364. The Morgan fingerprint density at radius 3 is 2.75 bits per heavy atom. The van der Waals surface area contributed by atoms with E-state index in [2.05, 4.69) is 37.9 Å². The maximum Gasteiger partial charge on any atom is 0.130 e. The van der Waals surface area contributed by atoms with E-state index in [1.165, 1.54) is 0 Å². The van der Waals surface area contributed by atoms with Gasteiger partial charge >= 0.3 is 0 Å². The number of hydrogen-bond acceptors (Lipinski definition) is 3. The molecule has 84 valence electrons. The Morgan fingerprint density at radius 2 is 2.12 bits per heavy atom. The predicted molar refractivity (Wildman–Crippen MR) is 66.0 cm³/mol. The van der Waals surface area contributed by atoms with E-state index in [1.54, 1.807) is 0 Å². The molecule has 0 spiro atoms. The van der Waals surface area contributed by atoms with Crippen LogP contribution in [0.5, 0.6) is 0 Å². The van der Waals surface area contributed by atoms with Crippen molar-refractivity contribution in [3.63, 3.8) is 0 Å².